The number of halogens is 1. The zero-order valence-corrected chi connectivity index (χ0v) is 13.3. The molecule has 2 heteroatoms. The average Bonchev–Trinajstić information content (AvgIpc) is 2.36. The summed E-state index contributed by atoms with van der Waals surface area (Å²) >= 11 is 2.45. The molecule has 0 aromatic heterocycles. The Bertz CT molecular complexity index is 320. The van der Waals surface area contributed by atoms with Gasteiger partial charge < -0.3 is 5.32 Å². The summed E-state index contributed by atoms with van der Waals surface area (Å²) in [6.07, 6.45) is 3.67. The Morgan fingerprint density at radius 2 is 1.76 bits per heavy atom. The maximum Gasteiger partial charge on any atom is 0.0358 e. The van der Waals surface area contributed by atoms with E-state index in [1.807, 2.05) is 0 Å². The van der Waals surface area contributed by atoms with Crippen LogP contribution in [0.1, 0.15) is 51.6 Å². The zero-order valence-electron chi connectivity index (χ0n) is 11.2. The van der Waals surface area contributed by atoms with Crippen LogP contribution in [0.2, 0.25) is 0 Å². The van der Waals surface area contributed by atoms with Crippen LogP contribution in [0.25, 0.3) is 0 Å². The Morgan fingerprint density at radius 1 is 1.12 bits per heavy atom. The van der Waals surface area contributed by atoms with Crippen molar-refractivity contribution in [2.24, 2.45) is 5.92 Å². The van der Waals surface area contributed by atoms with Crippen LogP contribution in [-0.4, -0.2) is 6.54 Å². The van der Waals surface area contributed by atoms with Crippen LogP contribution < -0.4 is 5.32 Å². The third kappa shape index (κ3) is 4.25. The normalized spacial score (nSPS) is 13.0. The summed E-state index contributed by atoms with van der Waals surface area (Å²) in [5, 5.41) is 3.72. The first-order valence-electron chi connectivity index (χ1n) is 6.72. The number of rotatable bonds is 7. The summed E-state index contributed by atoms with van der Waals surface area (Å²) in [5.41, 5.74) is 1.47. The molecule has 1 atom stereocenters. The van der Waals surface area contributed by atoms with Gasteiger partial charge in [-0.1, -0.05) is 51.8 Å². The van der Waals surface area contributed by atoms with Gasteiger partial charge in [-0.15, -0.1) is 0 Å². The highest BCUT2D eigenvalue weighted by Crippen LogP contribution is 2.30. The molecule has 1 unspecified atom stereocenters. The molecular formula is C15H24IN. The second-order valence-corrected chi connectivity index (χ2v) is 5.69. The number of nitrogens with one attached hydrogen (secondary N) is 1. The van der Waals surface area contributed by atoms with Crippen molar-refractivity contribution in [1.29, 1.82) is 0 Å². The lowest BCUT2D eigenvalue weighted by Gasteiger charge is -2.28. The van der Waals surface area contributed by atoms with E-state index in [2.05, 4.69) is 72.9 Å². The predicted molar refractivity (Wildman–Crippen MR) is 84.3 cm³/mol. The molecule has 0 heterocycles. The van der Waals surface area contributed by atoms with E-state index in [1.165, 1.54) is 28.4 Å². The highest BCUT2D eigenvalue weighted by Gasteiger charge is 2.21. The lowest BCUT2D eigenvalue weighted by atomic mass is 9.89. The number of hydrogen-bond donors (Lipinski definition) is 1. The molecule has 0 aliphatic heterocycles. The minimum atomic E-state index is 0.512. The first kappa shape index (κ1) is 15.0. The van der Waals surface area contributed by atoms with Crippen molar-refractivity contribution in [1.82, 2.24) is 5.32 Å². The summed E-state index contributed by atoms with van der Waals surface area (Å²) < 4.78 is 1.38. The van der Waals surface area contributed by atoms with Crippen LogP contribution in [-0.2, 0) is 0 Å². The molecule has 17 heavy (non-hydrogen) atoms. The molecule has 0 saturated carbocycles. The molecular weight excluding hydrogens is 321 g/mol. The topological polar surface area (TPSA) is 12.0 Å². The van der Waals surface area contributed by atoms with Gasteiger partial charge in [-0.05, 0) is 53.1 Å². The van der Waals surface area contributed by atoms with E-state index in [1.54, 1.807) is 0 Å². The van der Waals surface area contributed by atoms with Crippen LogP contribution in [0.4, 0.5) is 0 Å². The van der Waals surface area contributed by atoms with E-state index in [-0.39, 0.29) is 0 Å². The fourth-order valence-corrected chi connectivity index (χ4v) is 3.04. The molecule has 0 spiro atoms. The summed E-state index contributed by atoms with van der Waals surface area (Å²) in [6, 6.07) is 9.26. The SMILES string of the molecule is CCCNC(c1ccccc1I)C(CC)CC. The van der Waals surface area contributed by atoms with Gasteiger partial charge in [0.1, 0.15) is 0 Å². The standard InChI is InChI=1S/C15H24IN/c1-4-11-17-15(12(5-2)6-3)13-9-7-8-10-14(13)16/h7-10,12,15,17H,4-6,11H2,1-3H3. The third-order valence-corrected chi connectivity index (χ3v) is 4.36. The summed E-state index contributed by atoms with van der Waals surface area (Å²) in [7, 11) is 0. The summed E-state index contributed by atoms with van der Waals surface area (Å²) in [5.74, 6) is 0.734. The van der Waals surface area contributed by atoms with Gasteiger partial charge >= 0.3 is 0 Å². The van der Waals surface area contributed by atoms with Crippen molar-refractivity contribution in [3.05, 3.63) is 33.4 Å². The van der Waals surface area contributed by atoms with Crippen LogP contribution in [0.5, 0.6) is 0 Å². The molecule has 1 N–H and O–H groups in total. The quantitative estimate of drug-likeness (QED) is 0.702. The molecule has 0 aliphatic rings. The third-order valence-electron chi connectivity index (χ3n) is 3.37. The van der Waals surface area contributed by atoms with Crippen LogP contribution in [0.15, 0.2) is 24.3 Å². The highest BCUT2D eigenvalue weighted by molar-refractivity contribution is 14.1. The Balaban J connectivity index is 2.92. The van der Waals surface area contributed by atoms with Crippen LogP contribution >= 0.6 is 22.6 Å². The maximum absolute atomic E-state index is 3.72. The Morgan fingerprint density at radius 3 is 2.29 bits per heavy atom. The monoisotopic (exact) mass is 345 g/mol. The lowest BCUT2D eigenvalue weighted by Crippen LogP contribution is -2.29. The van der Waals surface area contributed by atoms with Crippen LogP contribution in [0, 0.1) is 9.49 Å². The smallest absolute Gasteiger partial charge is 0.0358 e. The minimum Gasteiger partial charge on any atom is -0.310 e. The largest absolute Gasteiger partial charge is 0.310 e. The molecule has 0 aliphatic carbocycles. The fourth-order valence-electron chi connectivity index (χ4n) is 2.32. The van der Waals surface area contributed by atoms with E-state index >= 15 is 0 Å². The van der Waals surface area contributed by atoms with E-state index < -0.39 is 0 Å². The van der Waals surface area contributed by atoms with Gasteiger partial charge in [0, 0.05) is 9.61 Å². The molecule has 1 rings (SSSR count). The van der Waals surface area contributed by atoms with E-state index in [4.69, 9.17) is 0 Å². The van der Waals surface area contributed by atoms with Crippen molar-refractivity contribution >= 4 is 22.6 Å². The minimum absolute atomic E-state index is 0.512. The molecule has 1 nitrogen and oxygen atoms in total. The number of benzene rings is 1. The first-order valence-corrected chi connectivity index (χ1v) is 7.80. The van der Waals surface area contributed by atoms with E-state index in [9.17, 15) is 0 Å². The second-order valence-electron chi connectivity index (χ2n) is 4.53. The van der Waals surface area contributed by atoms with Gasteiger partial charge in [-0.3, -0.25) is 0 Å². The molecule has 0 amide bonds. The summed E-state index contributed by atoms with van der Waals surface area (Å²) in [4.78, 5) is 0. The second kappa shape index (κ2) is 8.09. The maximum atomic E-state index is 3.72. The van der Waals surface area contributed by atoms with Gasteiger partial charge in [0.15, 0.2) is 0 Å². The fraction of sp³-hybridized carbons (Fsp3) is 0.600. The van der Waals surface area contributed by atoms with Gasteiger partial charge in [0.05, 0.1) is 0 Å². The van der Waals surface area contributed by atoms with Crippen molar-refractivity contribution < 1.29 is 0 Å². The van der Waals surface area contributed by atoms with Crippen LogP contribution in [0.3, 0.4) is 0 Å². The van der Waals surface area contributed by atoms with Crippen molar-refractivity contribution in [2.75, 3.05) is 6.54 Å². The molecule has 96 valence electrons. The molecule has 1 aromatic rings. The van der Waals surface area contributed by atoms with Crippen molar-refractivity contribution in [3.63, 3.8) is 0 Å². The molecule has 1 aromatic carbocycles. The Labute approximate surface area is 120 Å². The van der Waals surface area contributed by atoms with Gasteiger partial charge in [-0.25, -0.2) is 0 Å². The highest BCUT2D eigenvalue weighted by atomic mass is 127. The Kier molecular flexibility index (Phi) is 7.12. The molecule has 0 saturated heterocycles. The predicted octanol–water partition coefficient (Wildman–Crippen LogP) is 4.77. The van der Waals surface area contributed by atoms with Crippen molar-refractivity contribution in [3.8, 4) is 0 Å². The number of hydrogen-bond acceptors (Lipinski definition) is 1. The lowest BCUT2D eigenvalue weighted by molar-refractivity contribution is 0.340. The molecule has 0 radical (unpaired) electrons. The molecule has 0 bridgehead atoms. The first-order chi connectivity index (χ1) is 8.24. The van der Waals surface area contributed by atoms with Crippen molar-refractivity contribution in [2.45, 2.75) is 46.1 Å². The molecule has 0 fully saturated rings. The van der Waals surface area contributed by atoms with Gasteiger partial charge in [0.25, 0.3) is 0 Å². The average molecular weight is 345 g/mol. The Hall–Kier alpha value is -0.0900. The van der Waals surface area contributed by atoms with E-state index in [0.29, 0.717) is 6.04 Å². The zero-order chi connectivity index (χ0) is 12.7. The van der Waals surface area contributed by atoms with Gasteiger partial charge in [0.2, 0.25) is 0 Å². The van der Waals surface area contributed by atoms with Gasteiger partial charge in [-0.2, -0.15) is 0 Å². The van der Waals surface area contributed by atoms with E-state index in [0.717, 1.165) is 12.5 Å². The summed E-state index contributed by atoms with van der Waals surface area (Å²) in [6.45, 7) is 7.92.